The molecule has 0 saturated heterocycles. The Labute approximate surface area is 135 Å². The summed E-state index contributed by atoms with van der Waals surface area (Å²) >= 11 is 0. The molecule has 3 rings (SSSR count). The van der Waals surface area contributed by atoms with Crippen LogP contribution in [0.2, 0.25) is 0 Å². The highest BCUT2D eigenvalue weighted by Crippen LogP contribution is 2.34. The maximum atomic E-state index is 12.1. The molecule has 0 radical (unpaired) electrons. The fraction of sp³-hybridized carbons (Fsp3) is 0.412. The van der Waals surface area contributed by atoms with Gasteiger partial charge >= 0.3 is 0 Å². The SMILES string of the molecule is COc1cccc2c1OCC(NC(=O)CCn1cc(C)cn1)C2. The third-order valence-corrected chi connectivity index (χ3v) is 3.87. The largest absolute Gasteiger partial charge is 0.493 e. The Hall–Kier alpha value is -2.50. The number of nitrogens with zero attached hydrogens (tertiary/aromatic N) is 2. The number of amides is 1. The van der Waals surface area contributed by atoms with Gasteiger partial charge in [-0.25, -0.2) is 0 Å². The quantitative estimate of drug-likeness (QED) is 0.912. The van der Waals surface area contributed by atoms with Gasteiger partial charge in [-0.1, -0.05) is 12.1 Å². The van der Waals surface area contributed by atoms with Crippen molar-refractivity contribution in [3.8, 4) is 11.5 Å². The summed E-state index contributed by atoms with van der Waals surface area (Å²) in [6, 6.07) is 5.80. The Bertz CT molecular complexity index is 696. The van der Waals surface area contributed by atoms with E-state index in [-0.39, 0.29) is 11.9 Å². The van der Waals surface area contributed by atoms with E-state index in [1.54, 1.807) is 18.0 Å². The molecular formula is C17H21N3O3. The van der Waals surface area contributed by atoms with Crippen LogP contribution in [0.3, 0.4) is 0 Å². The van der Waals surface area contributed by atoms with Gasteiger partial charge in [-0.05, 0) is 25.0 Å². The van der Waals surface area contributed by atoms with Crippen molar-refractivity contribution in [3.05, 3.63) is 41.7 Å². The molecule has 1 aliphatic rings. The molecule has 122 valence electrons. The van der Waals surface area contributed by atoms with Gasteiger partial charge in [0.1, 0.15) is 6.61 Å². The van der Waals surface area contributed by atoms with Crippen LogP contribution in [0.25, 0.3) is 0 Å². The van der Waals surface area contributed by atoms with Crippen LogP contribution < -0.4 is 14.8 Å². The van der Waals surface area contributed by atoms with Gasteiger partial charge in [0.05, 0.1) is 19.3 Å². The Morgan fingerprint density at radius 2 is 2.39 bits per heavy atom. The minimum atomic E-state index is -0.0125. The molecule has 23 heavy (non-hydrogen) atoms. The first-order valence-electron chi connectivity index (χ1n) is 7.73. The molecule has 0 bridgehead atoms. The van der Waals surface area contributed by atoms with Gasteiger partial charge in [0.25, 0.3) is 0 Å². The standard InChI is InChI=1S/C17H21N3O3/c1-12-9-18-20(10-12)7-6-16(21)19-14-8-13-4-3-5-15(22-2)17(13)23-11-14/h3-5,9-10,14H,6-8,11H2,1-2H3,(H,19,21). The summed E-state index contributed by atoms with van der Waals surface area (Å²) in [5, 5.41) is 7.21. The van der Waals surface area contributed by atoms with E-state index < -0.39 is 0 Å². The zero-order chi connectivity index (χ0) is 16.2. The predicted molar refractivity (Wildman–Crippen MR) is 85.7 cm³/mol. The zero-order valence-corrected chi connectivity index (χ0v) is 13.4. The molecule has 1 aliphatic heterocycles. The summed E-state index contributed by atoms with van der Waals surface area (Å²) in [5.41, 5.74) is 2.15. The highest BCUT2D eigenvalue weighted by Gasteiger charge is 2.23. The molecule has 2 aromatic rings. The molecule has 1 atom stereocenters. The first-order chi connectivity index (χ1) is 11.2. The van der Waals surface area contributed by atoms with E-state index in [0.29, 0.717) is 19.6 Å². The number of aromatic nitrogens is 2. The minimum Gasteiger partial charge on any atom is -0.493 e. The lowest BCUT2D eigenvalue weighted by atomic mass is 10.0. The highest BCUT2D eigenvalue weighted by atomic mass is 16.5. The average molecular weight is 315 g/mol. The highest BCUT2D eigenvalue weighted by molar-refractivity contribution is 5.76. The molecule has 1 aromatic carbocycles. The maximum absolute atomic E-state index is 12.1. The maximum Gasteiger partial charge on any atom is 0.222 e. The third-order valence-electron chi connectivity index (χ3n) is 3.87. The summed E-state index contributed by atoms with van der Waals surface area (Å²) in [5.74, 6) is 1.53. The fourth-order valence-corrected chi connectivity index (χ4v) is 2.75. The van der Waals surface area contributed by atoms with E-state index in [2.05, 4.69) is 10.4 Å². The molecule has 0 aliphatic carbocycles. The summed E-state index contributed by atoms with van der Waals surface area (Å²) in [4.78, 5) is 12.1. The van der Waals surface area contributed by atoms with Crippen molar-refractivity contribution in [2.24, 2.45) is 0 Å². The number of hydrogen-bond acceptors (Lipinski definition) is 4. The lowest BCUT2D eigenvalue weighted by molar-refractivity contribution is -0.122. The zero-order valence-electron chi connectivity index (χ0n) is 13.4. The molecule has 2 heterocycles. The van der Waals surface area contributed by atoms with E-state index in [1.807, 2.05) is 31.3 Å². The molecule has 0 fully saturated rings. The molecule has 6 nitrogen and oxygen atoms in total. The van der Waals surface area contributed by atoms with Gasteiger partial charge in [0.2, 0.25) is 5.91 Å². The number of rotatable bonds is 5. The van der Waals surface area contributed by atoms with Crippen molar-refractivity contribution < 1.29 is 14.3 Å². The van der Waals surface area contributed by atoms with Crippen LogP contribution in [-0.2, 0) is 17.8 Å². The van der Waals surface area contributed by atoms with Crippen LogP contribution in [-0.4, -0.2) is 35.4 Å². The van der Waals surface area contributed by atoms with Crippen LogP contribution in [0, 0.1) is 6.92 Å². The summed E-state index contributed by atoms with van der Waals surface area (Å²) in [6.45, 7) is 3.02. The van der Waals surface area contributed by atoms with Crippen molar-refractivity contribution in [2.75, 3.05) is 13.7 Å². The number of aryl methyl sites for hydroxylation is 2. The lowest BCUT2D eigenvalue weighted by Crippen LogP contribution is -2.43. The van der Waals surface area contributed by atoms with Gasteiger partial charge in [-0.15, -0.1) is 0 Å². The number of carbonyl (C=O) groups excluding carboxylic acids is 1. The fourth-order valence-electron chi connectivity index (χ4n) is 2.75. The van der Waals surface area contributed by atoms with Gasteiger partial charge in [-0.2, -0.15) is 5.10 Å². The summed E-state index contributed by atoms with van der Waals surface area (Å²) in [6.07, 6.45) is 4.87. The molecule has 1 amide bonds. The van der Waals surface area contributed by atoms with Crippen LogP contribution in [0.5, 0.6) is 11.5 Å². The summed E-state index contributed by atoms with van der Waals surface area (Å²) in [7, 11) is 1.63. The first-order valence-corrected chi connectivity index (χ1v) is 7.73. The molecule has 1 unspecified atom stereocenters. The number of benzene rings is 1. The lowest BCUT2D eigenvalue weighted by Gasteiger charge is -2.27. The molecule has 6 heteroatoms. The van der Waals surface area contributed by atoms with Crippen molar-refractivity contribution in [2.45, 2.75) is 32.4 Å². The monoisotopic (exact) mass is 315 g/mol. The van der Waals surface area contributed by atoms with Crippen LogP contribution in [0.1, 0.15) is 17.5 Å². The molecular weight excluding hydrogens is 294 g/mol. The van der Waals surface area contributed by atoms with E-state index >= 15 is 0 Å². The number of carbonyl (C=O) groups is 1. The number of fused-ring (bicyclic) bond motifs is 1. The Morgan fingerprint density at radius 1 is 1.52 bits per heavy atom. The first kappa shape index (κ1) is 15.4. The second kappa shape index (κ2) is 6.73. The predicted octanol–water partition coefficient (Wildman–Crippen LogP) is 1.71. The van der Waals surface area contributed by atoms with Gasteiger partial charge in [0.15, 0.2) is 11.5 Å². The van der Waals surface area contributed by atoms with Crippen LogP contribution in [0.4, 0.5) is 0 Å². The average Bonchev–Trinajstić information content (AvgIpc) is 2.97. The van der Waals surface area contributed by atoms with Crippen molar-refractivity contribution in [3.63, 3.8) is 0 Å². The molecule has 1 N–H and O–H groups in total. The number of para-hydroxylation sites is 1. The smallest absolute Gasteiger partial charge is 0.222 e. The van der Waals surface area contributed by atoms with Gasteiger partial charge < -0.3 is 14.8 Å². The van der Waals surface area contributed by atoms with Gasteiger partial charge in [-0.3, -0.25) is 9.48 Å². The molecule has 1 aromatic heterocycles. The second-order valence-electron chi connectivity index (χ2n) is 5.76. The number of nitrogens with one attached hydrogen (secondary N) is 1. The van der Waals surface area contributed by atoms with Crippen molar-refractivity contribution in [1.29, 1.82) is 0 Å². The van der Waals surface area contributed by atoms with E-state index in [0.717, 1.165) is 29.0 Å². The topological polar surface area (TPSA) is 65.4 Å². The van der Waals surface area contributed by atoms with E-state index in [9.17, 15) is 4.79 Å². The van der Waals surface area contributed by atoms with E-state index in [4.69, 9.17) is 9.47 Å². The Kier molecular flexibility index (Phi) is 4.50. The Morgan fingerprint density at radius 3 is 3.13 bits per heavy atom. The number of ether oxygens (including phenoxy) is 2. The van der Waals surface area contributed by atoms with Crippen LogP contribution in [0.15, 0.2) is 30.6 Å². The number of hydrogen-bond donors (Lipinski definition) is 1. The van der Waals surface area contributed by atoms with Gasteiger partial charge in [0, 0.05) is 24.7 Å². The third kappa shape index (κ3) is 3.64. The van der Waals surface area contributed by atoms with Crippen molar-refractivity contribution in [1.82, 2.24) is 15.1 Å². The molecule has 0 saturated carbocycles. The van der Waals surface area contributed by atoms with E-state index in [1.165, 1.54) is 0 Å². The van der Waals surface area contributed by atoms with Crippen molar-refractivity contribution >= 4 is 5.91 Å². The summed E-state index contributed by atoms with van der Waals surface area (Å²) < 4.78 is 12.8. The Balaban J connectivity index is 1.54. The minimum absolute atomic E-state index is 0.0121. The van der Waals surface area contributed by atoms with Crippen LogP contribution >= 0.6 is 0 Å². The normalized spacial score (nSPS) is 16.3. The second-order valence-corrected chi connectivity index (χ2v) is 5.76. The number of methoxy groups -OCH3 is 1. The molecule has 0 spiro atoms.